The van der Waals surface area contributed by atoms with Crippen LogP contribution in [0.3, 0.4) is 0 Å². The van der Waals surface area contributed by atoms with Crippen molar-refractivity contribution in [1.82, 2.24) is 10.2 Å². The van der Waals surface area contributed by atoms with E-state index in [-0.39, 0.29) is 12.0 Å². The summed E-state index contributed by atoms with van der Waals surface area (Å²) in [7, 11) is 4.08. The Bertz CT molecular complexity index is 679. The second-order valence-corrected chi connectivity index (χ2v) is 6.75. The van der Waals surface area contributed by atoms with Gasteiger partial charge < -0.3 is 15.0 Å². The van der Waals surface area contributed by atoms with E-state index in [2.05, 4.69) is 22.3 Å². The Morgan fingerprint density at radius 3 is 2.28 bits per heavy atom. The average Bonchev–Trinajstić information content (AvgIpc) is 2.59. The minimum Gasteiger partial charge on any atom is -0.374 e. The predicted molar refractivity (Wildman–Crippen MR) is 101 cm³/mol. The number of hydrogen-bond acceptors (Lipinski definition) is 3. The molecule has 0 aromatic heterocycles. The lowest BCUT2D eigenvalue weighted by Gasteiger charge is -2.14. The molecule has 0 bridgehead atoms. The Morgan fingerprint density at radius 2 is 1.68 bits per heavy atom. The Kier molecular flexibility index (Phi) is 7.16. The summed E-state index contributed by atoms with van der Waals surface area (Å²) in [4.78, 5) is 14.5. The fraction of sp³-hybridized carbons (Fsp3) is 0.381. The quantitative estimate of drug-likeness (QED) is 0.798. The van der Waals surface area contributed by atoms with Crippen LogP contribution in [0, 0.1) is 0 Å². The minimum absolute atomic E-state index is 0.0593. The average molecular weight is 340 g/mol. The van der Waals surface area contributed by atoms with Gasteiger partial charge in [-0.05, 0) is 56.8 Å². The van der Waals surface area contributed by atoms with Gasteiger partial charge in [0.15, 0.2) is 0 Å². The van der Waals surface area contributed by atoms with Crippen LogP contribution in [0.1, 0.15) is 40.9 Å². The fourth-order valence-corrected chi connectivity index (χ4v) is 2.52. The SMILES string of the molecule is CC(C)OCc1ccc(C(=O)NCc2ccccc2CN(C)C)cc1. The third-order valence-electron chi connectivity index (χ3n) is 3.84. The molecule has 0 saturated heterocycles. The van der Waals surface area contributed by atoms with Crippen LogP contribution in [-0.4, -0.2) is 31.0 Å². The maximum Gasteiger partial charge on any atom is 0.251 e. The topological polar surface area (TPSA) is 41.6 Å². The van der Waals surface area contributed by atoms with E-state index in [9.17, 15) is 4.79 Å². The van der Waals surface area contributed by atoms with E-state index in [0.29, 0.717) is 18.7 Å². The number of nitrogens with zero attached hydrogens (tertiary/aromatic N) is 1. The second kappa shape index (κ2) is 9.35. The van der Waals surface area contributed by atoms with Crippen LogP contribution in [0.4, 0.5) is 0 Å². The molecule has 0 aliphatic rings. The zero-order chi connectivity index (χ0) is 18.2. The Balaban J connectivity index is 1.94. The highest BCUT2D eigenvalue weighted by atomic mass is 16.5. The molecule has 0 heterocycles. The number of carbonyl (C=O) groups is 1. The summed E-state index contributed by atoms with van der Waals surface area (Å²) in [6.45, 7) is 5.97. The largest absolute Gasteiger partial charge is 0.374 e. The van der Waals surface area contributed by atoms with Gasteiger partial charge in [-0.1, -0.05) is 36.4 Å². The van der Waals surface area contributed by atoms with Gasteiger partial charge in [0.05, 0.1) is 12.7 Å². The van der Waals surface area contributed by atoms with E-state index >= 15 is 0 Å². The van der Waals surface area contributed by atoms with Crippen LogP contribution in [0.15, 0.2) is 48.5 Å². The first-order valence-corrected chi connectivity index (χ1v) is 8.66. The van der Waals surface area contributed by atoms with Crippen molar-refractivity contribution in [1.29, 1.82) is 0 Å². The molecule has 1 N–H and O–H groups in total. The van der Waals surface area contributed by atoms with E-state index in [1.807, 2.05) is 64.3 Å². The molecule has 0 radical (unpaired) electrons. The van der Waals surface area contributed by atoms with Gasteiger partial charge in [0, 0.05) is 18.7 Å². The van der Waals surface area contributed by atoms with Crippen LogP contribution in [-0.2, 0) is 24.4 Å². The zero-order valence-corrected chi connectivity index (χ0v) is 15.6. The number of benzene rings is 2. The van der Waals surface area contributed by atoms with Gasteiger partial charge in [-0.25, -0.2) is 0 Å². The lowest BCUT2D eigenvalue weighted by atomic mass is 10.1. The number of carbonyl (C=O) groups excluding carboxylic acids is 1. The number of nitrogens with one attached hydrogen (secondary N) is 1. The van der Waals surface area contributed by atoms with Crippen molar-refractivity contribution in [3.63, 3.8) is 0 Å². The van der Waals surface area contributed by atoms with Crippen LogP contribution < -0.4 is 5.32 Å². The van der Waals surface area contributed by atoms with Crippen LogP contribution >= 0.6 is 0 Å². The van der Waals surface area contributed by atoms with Crippen molar-refractivity contribution in [3.05, 3.63) is 70.8 Å². The molecule has 2 aromatic rings. The van der Waals surface area contributed by atoms with Crippen molar-refractivity contribution in [2.45, 2.75) is 39.6 Å². The van der Waals surface area contributed by atoms with Gasteiger partial charge >= 0.3 is 0 Å². The zero-order valence-electron chi connectivity index (χ0n) is 15.6. The van der Waals surface area contributed by atoms with E-state index in [1.54, 1.807) is 0 Å². The van der Waals surface area contributed by atoms with Gasteiger partial charge in [0.1, 0.15) is 0 Å². The molecule has 4 heteroatoms. The number of rotatable bonds is 8. The van der Waals surface area contributed by atoms with Crippen LogP contribution in [0.2, 0.25) is 0 Å². The Morgan fingerprint density at radius 1 is 1.04 bits per heavy atom. The highest BCUT2D eigenvalue weighted by Crippen LogP contribution is 2.11. The molecule has 134 valence electrons. The molecule has 0 aliphatic carbocycles. The third kappa shape index (κ3) is 6.33. The summed E-state index contributed by atoms with van der Waals surface area (Å²) in [5.41, 5.74) is 4.11. The first kappa shape index (κ1) is 19.2. The molecular weight excluding hydrogens is 312 g/mol. The van der Waals surface area contributed by atoms with Gasteiger partial charge in [0.25, 0.3) is 5.91 Å². The summed E-state index contributed by atoms with van der Waals surface area (Å²) < 4.78 is 5.57. The van der Waals surface area contributed by atoms with E-state index in [0.717, 1.165) is 17.7 Å². The van der Waals surface area contributed by atoms with Crippen molar-refractivity contribution < 1.29 is 9.53 Å². The van der Waals surface area contributed by atoms with Crippen molar-refractivity contribution in [2.75, 3.05) is 14.1 Å². The minimum atomic E-state index is -0.0593. The summed E-state index contributed by atoms with van der Waals surface area (Å²) in [5, 5.41) is 3.01. The molecule has 0 unspecified atom stereocenters. The second-order valence-electron chi connectivity index (χ2n) is 6.75. The van der Waals surface area contributed by atoms with Crippen molar-refractivity contribution >= 4 is 5.91 Å². The number of amides is 1. The van der Waals surface area contributed by atoms with Gasteiger partial charge in [-0.2, -0.15) is 0 Å². The van der Waals surface area contributed by atoms with Gasteiger partial charge in [-0.15, -0.1) is 0 Å². The maximum atomic E-state index is 12.4. The van der Waals surface area contributed by atoms with Gasteiger partial charge in [0.2, 0.25) is 0 Å². The highest BCUT2D eigenvalue weighted by molar-refractivity contribution is 5.94. The normalized spacial score (nSPS) is 11.1. The van der Waals surface area contributed by atoms with E-state index in [4.69, 9.17) is 4.74 Å². The molecule has 0 fully saturated rings. The molecule has 0 saturated carbocycles. The summed E-state index contributed by atoms with van der Waals surface area (Å²) in [6, 6.07) is 15.8. The van der Waals surface area contributed by atoms with Crippen LogP contribution in [0.25, 0.3) is 0 Å². The fourth-order valence-electron chi connectivity index (χ4n) is 2.52. The lowest BCUT2D eigenvalue weighted by molar-refractivity contribution is 0.0657. The molecule has 2 aromatic carbocycles. The number of hydrogen-bond donors (Lipinski definition) is 1. The Hall–Kier alpha value is -2.17. The molecule has 0 aliphatic heterocycles. The van der Waals surface area contributed by atoms with Crippen molar-refractivity contribution in [3.8, 4) is 0 Å². The lowest BCUT2D eigenvalue weighted by Crippen LogP contribution is -2.24. The Labute approximate surface area is 150 Å². The monoisotopic (exact) mass is 340 g/mol. The van der Waals surface area contributed by atoms with Gasteiger partial charge in [-0.3, -0.25) is 4.79 Å². The van der Waals surface area contributed by atoms with E-state index < -0.39 is 0 Å². The summed E-state index contributed by atoms with van der Waals surface area (Å²) in [5.74, 6) is -0.0593. The summed E-state index contributed by atoms with van der Waals surface area (Å²) >= 11 is 0. The maximum absolute atomic E-state index is 12.4. The van der Waals surface area contributed by atoms with Crippen LogP contribution in [0.5, 0.6) is 0 Å². The molecule has 0 spiro atoms. The first-order valence-electron chi connectivity index (χ1n) is 8.66. The summed E-state index contributed by atoms with van der Waals surface area (Å²) in [6.07, 6.45) is 0.199. The standard InChI is InChI=1S/C21H28N2O2/c1-16(2)25-15-17-9-11-18(12-10-17)21(24)22-13-19-7-5-6-8-20(19)14-23(3)4/h5-12,16H,13-15H2,1-4H3,(H,22,24). The molecule has 25 heavy (non-hydrogen) atoms. The van der Waals surface area contributed by atoms with E-state index in [1.165, 1.54) is 5.56 Å². The molecule has 2 rings (SSSR count). The number of ether oxygens (including phenoxy) is 1. The molecule has 1 amide bonds. The molecule has 4 nitrogen and oxygen atoms in total. The predicted octanol–water partition coefficient (Wildman–Crippen LogP) is 3.60. The highest BCUT2D eigenvalue weighted by Gasteiger charge is 2.08. The third-order valence-corrected chi connectivity index (χ3v) is 3.84. The van der Waals surface area contributed by atoms with Crippen molar-refractivity contribution in [2.24, 2.45) is 0 Å². The molecular formula is C21H28N2O2. The molecule has 0 atom stereocenters. The smallest absolute Gasteiger partial charge is 0.251 e. The first-order chi connectivity index (χ1) is 12.0.